The fourth-order valence-electron chi connectivity index (χ4n) is 3.97. The Hall–Kier alpha value is -2.04. The van der Waals surface area contributed by atoms with E-state index in [1.165, 1.54) is 24.3 Å². The second-order valence-electron chi connectivity index (χ2n) is 7.82. The maximum Gasteiger partial charge on any atom is 0.432 e. The lowest BCUT2D eigenvalue weighted by atomic mass is 9.92. The molecule has 0 N–H and O–H groups in total. The highest BCUT2D eigenvalue weighted by molar-refractivity contribution is 5.83. The molecule has 1 saturated heterocycles. The van der Waals surface area contributed by atoms with E-state index in [1.54, 1.807) is 6.07 Å². The SMILES string of the molecule is C#C[C@H](OC(=O)[C@@](OC)(c1ccccc1)C(F)(F)F)[C@@H]1CCC[C@H](CCCCCC)O1. The predicted molar refractivity (Wildman–Crippen MR) is 111 cm³/mol. The highest BCUT2D eigenvalue weighted by Gasteiger charge is 2.64. The summed E-state index contributed by atoms with van der Waals surface area (Å²) >= 11 is 0. The van der Waals surface area contributed by atoms with Gasteiger partial charge in [0.2, 0.25) is 0 Å². The molecule has 1 aliphatic heterocycles. The molecule has 0 unspecified atom stereocenters. The molecule has 1 aromatic rings. The fourth-order valence-corrected chi connectivity index (χ4v) is 3.97. The molecule has 0 bridgehead atoms. The number of carbonyl (C=O) groups excluding carboxylic acids is 1. The number of esters is 1. The van der Waals surface area contributed by atoms with Crippen molar-refractivity contribution >= 4 is 5.97 Å². The van der Waals surface area contributed by atoms with E-state index in [9.17, 15) is 18.0 Å². The minimum atomic E-state index is -5.05. The molecule has 0 aromatic heterocycles. The largest absolute Gasteiger partial charge is 0.444 e. The number of ether oxygens (including phenoxy) is 3. The first-order valence-corrected chi connectivity index (χ1v) is 10.8. The normalized spacial score (nSPS) is 22.2. The van der Waals surface area contributed by atoms with Gasteiger partial charge in [-0.3, -0.25) is 0 Å². The van der Waals surface area contributed by atoms with Crippen LogP contribution in [0.2, 0.25) is 0 Å². The van der Waals surface area contributed by atoms with Crippen LogP contribution >= 0.6 is 0 Å². The molecule has 172 valence electrons. The third kappa shape index (κ3) is 6.02. The molecule has 1 heterocycles. The van der Waals surface area contributed by atoms with E-state index in [2.05, 4.69) is 12.8 Å². The number of hydrogen-bond acceptors (Lipinski definition) is 4. The number of alkyl halides is 3. The highest BCUT2D eigenvalue weighted by atomic mass is 19.4. The number of hydrogen-bond donors (Lipinski definition) is 0. The van der Waals surface area contributed by atoms with E-state index in [4.69, 9.17) is 20.6 Å². The molecule has 0 radical (unpaired) electrons. The fraction of sp³-hybridized carbons (Fsp3) is 0.625. The Morgan fingerprint density at radius 2 is 1.94 bits per heavy atom. The Bertz CT molecular complexity index is 729. The summed E-state index contributed by atoms with van der Waals surface area (Å²) in [6.45, 7) is 2.13. The third-order valence-electron chi connectivity index (χ3n) is 5.67. The lowest BCUT2D eigenvalue weighted by Gasteiger charge is -2.36. The standard InChI is InChI=1S/C24H31F3O4/c1-4-6-7-11-15-19-16-12-17-21(30-19)20(5-2)31-22(28)23(29-3,24(25,26)27)18-13-9-8-10-14-18/h2,8-10,13-14,19-21H,4,6-7,11-12,15-17H2,1,3H3/t19-,20-,21-,23-/m0/s1. The molecule has 2 rings (SSSR count). The van der Waals surface area contributed by atoms with E-state index < -0.39 is 30.0 Å². The molecule has 0 amide bonds. The molecule has 0 spiro atoms. The molecule has 0 aliphatic carbocycles. The van der Waals surface area contributed by atoms with Crippen LogP contribution in [0, 0.1) is 12.3 Å². The number of halogens is 3. The van der Waals surface area contributed by atoms with Crippen LogP contribution in [-0.4, -0.2) is 37.6 Å². The third-order valence-corrected chi connectivity index (χ3v) is 5.67. The topological polar surface area (TPSA) is 44.8 Å². The average Bonchev–Trinajstić information content (AvgIpc) is 2.76. The van der Waals surface area contributed by atoms with Gasteiger partial charge in [-0.25, -0.2) is 4.79 Å². The van der Waals surface area contributed by atoms with Crippen LogP contribution in [0.4, 0.5) is 13.2 Å². The van der Waals surface area contributed by atoms with Crippen molar-refractivity contribution < 1.29 is 32.2 Å². The summed E-state index contributed by atoms with van der Waals surface area (Å²) in [6.07, 6.45) is 6.04. The van der Waals surface area contributed by atoms with Gasteiger partial charge in [0.25, 0.3) is 5.60 Å². The summed E-state index contributed by atoms with van der Waals surface area (Å²) < 4.78 is 58.2. The lowest BCUT2D eigenvalue weighted by Crippen LogP contribution is -2.53. The summed E-state index contributed by atoms with van der Waals surface area (Å²) in [7, 11) is 0.829. The van der Waals surface area contributed by atoms with Gasteiger partial charge in [-0.2, -0.15) is 13.2 Å². The van der Waals surface area contributed by atoms with Crippen LogP contribution in [0.25, 0.3) is 0 Å². The zero-order chi connectivity index (χ0) is 22.9. The van der Waals surface area contributed by atoms with Crippen molar-refractivity contribution in [2.75, 3.05) is 7.11 Å². The van der Waals surface area contributed by atoms with Crippen molar-refractivity contribution in [3.05, 3.63) is 35.9 Å². The van der Waals surface area contributed by atoms with Crippen molar-refractivity contribution in [1.82, 2.24) is 0 Å². The molecular weight excluding hydrogens is 409 g/mol. The quantitative estimate of drug-likeness (QED) is 0.272. The van der Waals surface area contributed by atoms with Gasteiger partial charge in [0.15, 0.2) is 6.10 Å². The molecular formula is C24H31F3O4. The molecule has 1 aromatic carbocycles. The highest BCUT2D eigenvalue weighted by Crippen LogP contribution is 2.43. The van der Waals surface area contributed by atoms with Crippen LogP contribution in [0.1, 0.15) is 63.9 Å². The van der Waals surface area contributed by atoms with E-state index >= 15 is 0 Å². The van der Waals surface area contributed by atoms with Crippen LogP contribution in [0.3, 0.4) is 0 Å². The Labute approximate surface area is 182 Å². The van der Waals surface area contributed by atoms with Gasteiger partial charge in [0.1, 0.15) is 6.10 Å². The van der Waals surface area contributed by atoms with E-state index in [0.29, 0.717) is 6.42 Å². The van der Waals surface area contributed by atoms with Crippen molar-refractivity contribution in [3.63, 3.8) is 0 Å². The van der Waals surface area contributed by atoms with Crippen LogP contribution in [-0.2, 0) is 24.6 Å². The maximum atomic E-state index is 14.1. The molecule has 31 heavy (non-hydrogen) atoms. The molecule has 4 atom stereocenters. The Balaban J connectivity index is 2.15. The summed E-state index contributed by atoms with van der Waals surface area (Å²) in [4.78, 5) is 12.9. The number of carbonyl (C=O) groups is 1. The number of terminal acetylenes is 1. The van der Waals surface area contributed by atoms with Gasteiger partial charge in [-0.15, -0.1) is 6.42 Å². The van der Waals surface area contributed by atoms with Crippen LogP contribution in [0.15, 0.2) is 30.3 Å². The summed E-state index contributed by atoms with van der Waals surface area (Å²) in [5.74, 6) is 0.715. The first-order valence-electron chi connectivity index (χ1n) is 10.8. The summed E-state index contributed by atoms with van der Waals surface area (Å²) in [5, 5.41) is 0. The smallest absolute Gasteiger partial charge is 0.432 e. The summed E-state index contributed by atoms with van der Waals surface area (Å²) in [5.41, 5.74) is -3.64. The van der Waals surface area contributed by atoms with E-state index in [-0.39, 0.29) is 11.7 Å². The average molecular weight is 441 g/mol. The van der Waals surface area contributed by atoms with Gasteiger partial charge in [0.05, 0.1) is 6.10 Å². The molecule has 7 heteroatoms. The lowest BCUT2D eigenvalue weighted by molar-refractivity contribution is -0.279. The van der Waals surface area contributed by atoms with Crippen molar-refractivity contribution in [3.8, 4) is 12.3 Å². The minimum absolute atomic E-state index is 0.0333. The van der Waals surface area contributed by atoms with Gasteiger partial charge in [-0.1, -0.05) is 68.9 Å². The molecule has 4 nitrogen and oxygen atoms in total. The number of methoxy groups -OCH3 is 1. The second-order valence-corrected chi connectivity index (χ2v) is 7.82. The minimum Gasteiger partial charge on any atom is -0.444 e. The monoisotopic (exact) mass is 440 g/mol. The van der Waals surface area contributed by atoms with Gasteiger partial charge >= 0.3 is 12.1 Å². The molecule has 0 saturated carbocycles. The zero-order valence-corrected chi connectivity index (χ0v) is 18.1. The van der Waals surface area contributed by atoms with Gasteiger partial charge < -0.3 is 14.2 Å². The van der Waals surface area contributed by atoms with E-state index in [0.717, 1.165) is 52.1 Å². The molecule has 1 fully saturated rings. The van der Waals surface area contributed by atoms with Crippen molar-refractivity contribution in [2.45, 2.75) is 88.4 Å². The van der Waals surface area contributed by atoms with Crippen LogP contribution < -0.4 is 0 Å². The zero-order valence-electron chi connectivity index (χ0n) is 18.1. The molecule has 1 aliphatic rings. The van der Waals surface area contributed by atoms with Gasteiger partial charge in [-0.05, 0) is 25.7 Å². The van der Waals surface area contributed by atoms with Crippen LogP contribution in [0.5, 0.6) is 0 Å². The number of unbranched alkanes of at least 4 members (excludes halogenated alkanes) is 3. The first-order chi connectivity index (χ1) is 14.8. The summed E-state index contributed by atoms with van der Waals surface area (Å²) in [6, 6.07) is 6.69. The van der Waals surface area contributed by atoms with E-state index in [1.807, 2.05) is 0 Å². The van der Waals surface area contributed by atoms with Crippen molar-refractivity contribution in [1.29, 1.82) is 0 Å². The maximum absolute atomic E-state index is 14.1. The second kappa shape index (κ2) is 11.5. The van der Waals surface area contributed by atoms with Crippen molar-refractivity contribution in [2.24, 2.45) is 0 Å². The first kappa shape index (κ1) is 25.2. The number of benzene rings is 1. The Morgan fingerprint density at radius 1 is 1.23 bits per heavy atom. The number of rotatable bonds is 10. The van der Waals surface area contributed by atoms with Gasteiger partial charge in [0, 0.05) is 12.7 Å². The Morgan fingerprint density at radius 3 is 2.52 bits per heavy atom. The Kier molecular flexibility index (Phi) is 9.39. The predicted octanol–water partition coefficient (Wildman–Crippen LogP) is 5.54.